The van der Waals surface area contributed by atoms with Gasteiger partial charge in [0.25, 0.3) is 0 Å². The van der Waals surface area contributed by atoms with E-state index in [0.717, 1.165) is 6.54 Å². The molecule has 14 heavy (non-hydrogen) atoms. The molecule has 0 radical (unpaired) electrons. The Morgan fingerprint density at radius 1 is 1.29 bits per heavy atom. The van der Waals surface area contributed by atoms with Crippen molar-refractivity contribution in [3.8, 4) is 0 Å². The zero-order valence-corrected chi connectivity index (χ0v) is 8.79. The Labute approximate surface area is 85.7 Å². The van der Waals surface area contributed by atoms with E-state index < -0.39 is 0 Å². The van der Waals surface area contributed by atoms with Crippen LogP contribution in [0.3, 0.4) is 0 Å². The maximum atomic E-state index is 5.95. The lowest BCUT2D eigenvalue weighted by Crippen LogP contribution is -2.31. The van der Waals surface area contributed by atoms with E-state index in [4.69, 9.17) is 5.84 Å². The third kappa shape index (κ3) is 1.62. The Morgan fingerprint density at radius 3 is 2.86 bits per heavy atom. The van der Waals surface area contributed by atoms with Crippen LogP contribution >= 0.6 is 0 Å². The largest absolute Gasteiger partial charge is 0.311 e. The Hall–Kier alpha value is -1.02. The molecule has 0 fully saturated rings. The molecule has 0 atom stereocenters. The molecule has 0 aromatic heterocycles. The van der Waals surface area contributed by atoms with Crippen molar-refractivity contribution in [1.29, 1.82) is 0 Å². The van der Waals surface area contributed by atoms with Gasteiger partial charge in [-0.05, 0) is 49.8 Å². The fraction of sp³-hybridized carbons (Fsp3) is 0.500. The summed E-state index contributed by atoms with van der Waals surface area (Å²) in [5, 5.41) is 1.85. The predicted molar refractivity (Wildman–Crippen MR) is 60.3 cm³/mol. The summed E-state index contributed by atoms with van der Waals surface area (Å²) in [6.45, 7) is 2.96. The first-order valence-electron chi connectivity index (χ1n) is 5.46. The fourth-order valence-electron chi connectivity index (χ4n) is 2.20. The fourth-order valence-corrected chi connectivity index (χ4v) is 2.20. The number of hydrazine groups is 1. The third-order valence-corrected chi connectivity index (χ3v) is 3.02. The van der Waals surface area contributed by atoms with Crippen molar-refractivity contribution in [2.75, 3.05) is 11.6 Å². The van der Waals surface area contributed by atoms with Gasteiger partial charge in [-0.25, -0.2) is 5.84 Å². The first-order valence-corrected chi connectivity index (χ1v) is 5.46. The molecule has 0 bridgehead atoms. The van der Waals surface area contributed by atoms with Gasteiger partial charge in [-0.3, -0.25) is 0 Å². The van der Waals surface area contributed by atoms with Crippen molar-refractivity contribution in [3.63, 3.8) is 0 Å². The Balaban J connectivity index is 2.39. The van der Waals surface area contributed by atoms with E-state index in [9.17, 15) is 0 Å². The van der Waals surface area contributed by atoms with Gasteiger partial charge in [0.05, 0.1) is 5.69 Å². The summed E-state index contributed by atoms with van der Waals surface area (Å²) in [6, 6.07) is 6.49. The predicted octanol–water partition coefficient (Wildman–Crippen LogP) is 2.27. The molecule has 0 saturated carbocycles. The molecular weight excluding hydrogens is 172 g/mol. The average molecular weight is 190 g/mol. The lowest BCUT2D eigenvalue weighted by Gasteiger charge is -2.24. The van der Waals surface area contributed by atoms with Gasteiger partial charge in [0.2, 0.25) is 0 Å². The minimum atomic E-state index is 0.871. The van der Waals surface area contributed by atoms with Gasteiger partial charge in [0.1, 0.15) is 0 Å². The molecule has 0 heterocycles. The molecular formula is C12H18N2. The molecule has 2 heteroatoms. The van der Waals surface area contributed by atoms with Crippen LogP contribution in [0.1, 0.15) is 30.9 Å². The van der Waals surface area contributed by atoms with E-state index >= 15 is 0 Å². The van der Waals surface area contributed by atoms with E-state index in [1.54, 1.807) is 0 Å². The monoisotopic (exact) mass is 190 g/mol. The molecule has 76 valence electrons. The molecule has 0 spiro atoms. The molecule has 0 unspecified atom stereocenters. The van der Waals surface area contributed by atoms with Crippen LogP contribution in [0.2, 0.25) is 0 Å². The lowest BCUT2D eigenvalue weighted by atomic mass is 9.90. The minimum absolute atomic E-state index is 0.871. The molecule has 0 aliphatic heterocycles. The first-order chi connectivity index (χ1) is 6.83. The van der Waals surface area contributed by atoms with Crippen molar-refractivity contribution in [3.05, 3.63) is 29.3 Å². The van der Waals surface area contributed by atoms with Gasteiger partial charge in [-0.2, -0.15) is 0 Å². The summed E-state index contributed by atoms with van der Waals surface area (Å²) in [5.41, 5.74) is 4.20. The number of rotatable bonds is 2. The summed E-state index contributed by atoms with van der Waals surface area (Å²) in [7, 11) is 0. The molecule has 0 amide bonds. The molecule has 1 aliphatic carbocycles. The van der Waals surface area contributed by atoms with E-state index in [-0.39, 0.29) is 0 Å². The van der Waals surface area contributed by atoms with E-state index in [1.807, 2.05) is 5.01 Å². The highest BCUT2D eigenvalue weighted by atomic mass is 15.4. The minimum Gasteiger partial charge on any atom is -0.311 e. The van der Waals surface area contributed by atoms with Gasteiger partial charge in [-0.15, -0.1) is 0 Å². The second-order valence-corrected chi connectivity index (χ2v) is 3.91. The molecule has 1 aromatic carbocycles. The van der Waals surface area contributed by atoms with E-state index in [1.165, 1.54) is 42.5 Å². The zero-order chi connectivity index (χ0) is 9.97. The number of aryl methyl sites for hydroxylation is 1. The van der Waals surface area contributed by atoms with Crippen LogP contribution in [0, 0.1) is 0 Å². The Bertz CT molecular complexity index is 320. The van der Waals surface area contributed by atoms with Crippen LogP contribution in [0.15, 0.2) is 18.2 Å². The van der Waals surface area contributed by atoms with Crippen LogP contribution in [-0.4, -0.2) is 6.54 Å². The number of hydrogen-bond donors (Lipinski definition) is 1. The van der Waals surface area contributed by atoms with Crippen LogP contribution in [0.5, 0.6) is 0 Å². The van der Waals surface area contributed by atoms with Crippen LogP contribution in [0.25, 0.3) is 0 Å². The number of anilines is 1. The number of fused-ring (bicyclic) bond motifs is 1. The van der Waals surface area contributed by atoms with Crippen LogP contribution in [0.4, 0.5) is 5.69 Å². The van der Waals surface area contributed by atoms with Gasteiger partial charge in [0.15, 0.2) is 0 Å². The Kier molecular flexibility index (Phi) is 2.73. The van der Waals surface area contributed by atoms with Crippen molar-refractivity contribution in [2.45, 2.75) is 32.6 Å². The van der Waals surface area contributed by atoms with Crippen molar-refractivity contribution in [2.24, 2.45) is 5.84 Å². The van der Waals surface area contributed by atoms with Crippen molar-refractivity contribution >= 4 is 5.69 Å². The van der Waals surface area contributed by atoms with E-state index in [0.29, 0.717) is 0 Å². The second kappa shape index (κ2) is 4.01. The summed E-state index contributed by atoms with van der Waals surface area (Å²) >= 11 is 0. The molecule has 1 aliphatic rings. The van der Waals surface area contributed by atoms with Crippen LogP contribution < -0.4 is 10.9 Å². The Morgan fingerprint density at radius 2 is 2.07 bits per heavy atom. The molecule has 1 aromatic rings. The van der Waals surface area contributed by atoms with Gasteiger partial charge < -0.3 is 5.01 Å². The number of nitrogens with zero attached hydrogens (tertiary/aromatic N) is 1. The third-order valence-electron chi connectivity index (χ3n) is 3.02. The maximum absolute atomic E-state index is 5.95. The number of nitrogens with two attached hydrogens (primary N) is 1. The second-order valence-electron chi connectivity index (χ2n) is 3.91. The normalized spacial score (nSPS) is 15.0. The summed E-state index contributed by atoms with van der Waals surface area (Å²) in [6.07, 6.45) is 5.05. The first kappa shape index (κ1) is 9.53. The smallest absolute Gasteiger partial charge is 0.0551 e. The SMILES string of the molecule is CCN(N)c1cccc2c1CCCC2. The number of hydrogen-bond acceptors (Lipinski definition) is 2. The molecule has 2 N–H and O–H groups in total. The quantitative estimate of drug-likeness (QED) is 0.572. The highest BCUT2D eigenvalue weighted by Gasteiger charge is 2.14. The maximum Gasteiger partial charge on any atom is 0.0551 e. The molecule has 2 rings (SSSR count). The van der Waals surface area contributed by atoms with Crippen molar-refractivity contribution < 1.29 is 0 Å². The molecule has 2 nitrogen and oxygen atoms in total. The summed E-state index contributed by atoms with van der Waals surface area (Å²) < 4.78 is 0. The summed E-state index contributed by atoms with van der Waals surface area (Å²) in [4.78, 5) is 0. The highest BCUT2D eigenvalue weighted by Crippen LogP contribution is 2.28. The summed E-state index contributed by atoms with van der Waals surface area (Å²) in [5.74, 6) is 5.95. The van der Waals surface area contributed by atoms with Gasteiger partial charge in [0, 0.05) is 6.54 Å². The topological polar surface area (TPSA) is 29.3 Å². The zero-order valence-electron chi connectivity index (χ0n) is 8.79. The average Bonchev–Trinajstić information content (AvgIpc) is 2.27. The van der Waals surface area contributed by atoms with Gasteiger partial charge in [-0.1, -0.05) is 12.1 Å². The van der Waals surface area contributed by atoms with Crippen LogP contribution in [-0.2, 0) is 12.8 Å². The lowest BCUT2D eigenvalue weighted by molar-refractivity contribution is 0.681. The standard InChI is InChI=1S/C12H18N2/c1-2-14(13)12-9-5-7-10-6-3-4-8-11(10)12/h5,7,9H,2-4,6,8,13H2,1H3. The highest BCUT2D eigenvalue weighted by molar-refractivity contribution is 5.56. The van der Waals surface area contributed by atoms with Crippen molar-refractivity contribution in [1.82, 2.24) is 0 Å². The number of benzene rings is 1. The van der Waals surface area contributed by atoms with Gasteiger partial charge >= 0.3 is 0 Å². The van der Waals surface area contributed by atoms with E-state index in [2.05, 4.69) is 25.1 Å². The molecule has 0 saturated heterocycles.